The molecule has 0 spiro atoms. The monoisotopic (exact) mass is 266 g/mol. The van der Waals surface area contributed by atoms with Crippen LogP contribution in [0.2, 0.25) is 5.02 Å². The second kappa shape index (κ2) is 5.81. The lowest BCUT2D eigenvalue weighted by Crippen LogP contribution is -2.41. The van der Waals surface area contributed by atoms with E-state index in [2.05, 4.69) is 4.98 Å². The summed E-state index contributed by atoms with van der Waals surface area (Å²) in [6, 6.07) is 1.81. The van der Waals surface area contributed by atoms with Crippen molar-refractivity contribution in [3.05, 3.63) is 29.0 Å². The third kappa shape index (κ3) is 2.73. The Hall–Kier alpha value is -0.930. The molecule has 1 aliphatic carbocycles. The highest BCUT2D eigenvalue weighted by atomic mass is 35.5. The maximum Gasteiger partial charge on any atom is 0.144 e. The number of rotatable bonds is 4. The van der Waals surface area contributed by atoms with E-state index in [4.69, 9.17) is 17.3 Å². The van der Waals surface area contributed by atoms with Crippen molar-refractivity contribution in [2.75, 3.05) is 6.54 Å². The zero-order chi connectivity index (χ0) is 13.0. The number of nitrogens with zero attached hydrogens (tertiary/aromatic N) is 1. The number of ketones is 1. The highest BCUT2D eigenvalue weighted by molar-refractivity contribution is 6.31. The van der Waals surface area contributed by atoms with Gasteiger partial charge < -0.3 is 5.73 Å². The average Bonchev–Trinajstić information content (AvgIpc) is 2.42. The number of hydrogen-bond acceptors (Lipinski definition) is 3. The summed E-state index contributed by atoms with van der Waals surface area (Å²) < 4.78 is 0. The van der Waals surface area contributed by atoms with Gasteiger partial charge in [-0.05, 0) is 24.5 Å². The summed E-state index contributed by atoms with van der Waals surface area (Å²) in [7, 11) is 0. The molecule has 1 heterocycles. The van der Waals surface area contributed by atoms with Crippen molar-refractivity contribution in [1.29, 1.82) is 0 Å². The van der Waals surface area contributed by atoms with Crippen molar-refractivity contribution in [3.8, 4) is 0 Å². The Balaban J connectivity index is 2.13. The molecule has 0 radical (unpaired) electrons. The largest absolute Gasteiger partial charge is 0.329 e. The molecule has 4 heteroatoms. The summed E-state index contributed by atoms with van der Waals surface area (Å²) in [5.41, 5.74) is 6.41. The molecule has 3 nitrogen and oxygen atoms in total. The van der Waals surface area contributed by atoms with Gasteiger partial charge in [0.1, 0.15) is 5.78 Å². The summed E-state index contributed by atoms with van der Waals surface area (Å²) in [4.78, 5) is 16.4. The lowest BCUT2D eigenvalue weighted by molar-refractivity contribution is -0.129. The Morgan fingerprint density at radius 1 is 1.39 bits per heavy atom. The highest BCUT2D eigenvalue weighted by Gasteiger charge is 2.37. The van der Waals surface area contributed by atoms with E-state index >= 15 is 0 Å². The number of Topliss-reactive ketones (excluding diaryl/α,β-unsaturated/α-hetero) is 1. The van der Waals surface area contributed by atoms with Crippen molar-refractivity contribution < 1.29 is 4.79 Å². The standard InChI is InChI=1S/C14H19ClN2O/c15-12-9-17-7-4-11(12)8-13(18)14(10-16)5-2-1-3-6-14/h4,7,9H,1-3,5-6,8,10,16H2. The molecule has 0 bridgehead atoms. The second-order valence-corrected chi connectivity index (χ2v) is 5.52. The first-order chi connectivity index (χ1) is 8.68. The molecular formula is C14H19ClN2O. The van der Waals surface area contributed by atoms with Gasteiger partial charge >= 0.3 is 0 Å². The third-order valence-electron chi connectivity index (χ3n) is 4.00. The van der Waals surface area contributed by atoms with Crippen LogP contribution in [-0.4, -0.2) is 17.3 Å². The van der Waals surface area contributed by atoms with Gasteiger partial charge in [0.05, 0.1) is 5.02 Å². The van der Waals surface area contributed by atoms with E-state index < -0.39 is 0 Å². The average molecular weight is 267 g/mol. The van der Waals surface area contributed by atoms with Gasteiger partial charge in [0.2, 0.25) is 0 Å². The Kier molecular flexibility index (Phi) is 4.36. The van der Waals surface area contributed by atoms with Gasteiger partial charge in [-0.1, -0.05) is 30.9 Å². The summed E-state index contributed by atoms with van der Waals surface area (Å²) in [6.07, 6.45) is 8.89. The summed E-state index contributed by atoms with van der Waals surface area (Å²) in [6.45, 7) is 0.453. The van der Waals surface area contributed by atoms with Crippen molar-refractivity contribution in [2.24, 2.45) is 11.1 Å². The SMILES string of the molecule is NCC1(C(=O)Cc2ccncc2Cl)CCCCC1. The molecule has 0 unspecified atom stereocenters. The normalized spacial score (nSPS) is 18.6. The van der Waals surface area contributed by atoms with Crippen LogP contribution in [0.25, 0.3) is 0 Å². The van der Waals surface area contributed by atoms with Crippen LogP contribution in [0.5, 0.6) is 0 Å². The lowest BCUT2D eigenvalue weighted by Gasteiger charge is -2.34. The zero-order valence-electron chi connectivity index (χ0n) is 10.5. The van der Waals surface area contributed by atoms with Crippen LogP contribution in [0.3, 0.4) is 0 Å². The Morgan fingerprint density at radius 2 is 2.11 bits per heavy atom. The second-order valence-electron chi connectivity index (χ2n) is 5.11. The minimum atomic E-state index is -0.315. The summed E-state index contributed by atoms with van der Waals surface area (Å²) >= 11 is 6.05. The van der Waals surface area contributed by atoms with Crippen molar-refractivity contribution in [3.63, 3.8) is 0 Å². The first-order valence-electron chi connectivity index (χ1n) is 6.50. The van der Waals surface area contributed by atoms with Crippen molar-refractivity contribution in [2.45, 2.75) is 38.5 Å². The molecule has 1 aromatic rings. The molecule has 2 N–H and O–H groups in total. The van der Waals surface area contributed by atoms with Crippen molar-refractivity contribution in [1.82, 2.24) is 4.98 Å². The van der Waals surface area contributed by atoms with E-state index in [1.165, 1.54) is 6.42 Å². The molecule has 0 amide bonds. The fourth-order valence-corrected chi connectivity index (χ4v) is 2.92. The molecular weight excluding hydrogens is 248 g/mol. The Labute approximate surface area is 113 Å². The molecule has 0 aromatic carbocycles. The van der Waals surface area contributed by atoms with Gasteiger partial charge in [-0.25, -0.2) is 0 Å². The number of halogens is 1. The predicted molar refractivity (Wildman–Crippen MR) is 72.5 cm³/mol. The molecule has 0 atom stereocenters. The number of carbonyl (C=O) groups is 1. The molecule has 0 aliphatic heterocycles. The molecule has 1 fully saturated rings. The number of pyridine rings is 1. The highest BCUT2D eigenvalue weighted by Crippen LogP contribution is 2.37. The Bertz CT molecular complexity index is 428. The number of nitrogens with two attached hydrogens (primary N) is 1. The summed E-state index contributed by atoms with van der Waals surface area (Å²) in [5, 5.41) is 0.564. The number of aromatic nitrogens is 1. The molecule has 0 saturated heterocycles. The van der Waals surface area contributed by atoms with Gasteiger partial charge in [0, 0.05) is 30.8 Å². The summed E-state index contributed by atoms with van der Waals surface area (Å²) in [5.74, 6) is 0.234. The van der Waals surface area contributed by atoms with Gasteiger partial charge in [-0.2, -0.15) is 0 Å². The zero-order valence-corrected chi connectivity index (χ0v) is 11.2. The van der Waals surface area contributed by atoms with Crippen LogP contribution < -0.4 is 5.73 Å². The van der Waals surface area contributed by atoms with Crippen LogP contribution in [-0.2, 0) is 11.2 Å². The first-order valence-corrected chi connectivity index (χ1v) is 6.87. The van der Waals surface area contributed by atoms with Gasteiger partial charge in [0.25, 0.3) is 0 Å². The Morgan fingerprint density at radius 3 is 2.72 bits per heavy atom. The van der Waals surface area contributed by atoms with E-state index in [0.29, 0.717) is 18.0 Å². The minimum absolute atomic E-state index is 0.234. The van der Waals surface area contributed by atoms with Crippen LogP contribution in [0, 0.1) is 5.41 Å². The molecule has 1 saturated carbocycles. The molecule has 2 rings (SSSR count). The number of carbonyl (C=O) groups excluding carboxylic acids is 1. The third-order valence-corrected chi connectivity index (χ3v) is 4.34. The molecule has 1 aromatic heterocycles. The molecule has 98 valence electrons. The van der Waals surface area contributed by atoms with Crippen molar-refractivity contribution >= 4 is 17.4 Å². The fourth-order valence-electron chi connectivity index (χ4n) is 2.73. The van der Waals surface area contributed by atoms with Crippen LogP contribution >= 0.6 is 11.6 Å². The van der Waals surface area contributed by atoms with E-state index in [1.807, 2.05) is 6.07 Å². The van der Waals surface area contributed by atoms with Crippen LogP contribution in [0.15, 0.2) is 18.5 Å². The van der Waals surface area contributed by atoms with Gasteiger partial charge in [0.15, 0.2) is 0 Å². The van der Waals surface area contributed by atoms with Gasteiger partial charge in [-0.3, -0.25) is 9.78 Å². The predicted octanol–water partition coefficient (Wildman–Crippen LogP) is 2.76. The molecule has 1 aliphatic rings. The maximum absolute atomic E-state index is 12.5. The smallest absolute Gasteiger partial charge is 0.144 e. The van der Waals surface area contributed by atoms with E-state index in [9.17, 15) is 4.79 Å². The molecule has 18 heavy (non-hydrogen) atoms. The fraction of sp³-hybridized carbons (Fsp3) is 0.571. The van der Waals surface area contributed by atoms with Crippen LogP contribution in [0.4, 0.5) is 0 Å². The first kappa shape index (κ1) is 13.5. The minimum Gasteiger partial charge on any atom is -0.329 e. The van der Waals surface area contributed by atoms with E-state index in [0.717, 1.165) is 31.2 Å². The quantitative estimate of drug-likeness (QED) is 0.912. The van der Waals surface area contributed by atoms with E-state index in [-0.39, 0.29) is 11.2 Å². The van der Waals surface area contributed by atoms with E-state index in [1.54, 1.807) is 12.4 Å². The van der Waals surface area contributed by atoms with Crippen LogP contribution in [0.1, 0.15) is 37.7 Å². The topological polar surface area (TPSA) is 56.0 Å². The maximum atomic E-state index is 12.5. The van der Waals surface area contributed by atoms with Gasteiger partial charge in [-0.15, -0.1) is 0 Å². The lowest BCUT2D eigenvalue weighted by atomic mass is 9.70. The number of hydrogen-bond donors (Lipinski definition) is 1.